The van der Waals surface area contributed by atoms with Gasteiger partial charge in [0.1, 0.15) is 0 Å². The molecule has 0 atom stereocenters. The van der Waals surface area contributed by atoms with Crippen LogP contribution in [-0.2, 0) is 13.1 Å². The third kappa shape index (κ3) is 3.57. The number of rotatable bonds is 4. The van der Waals surface area contributed by atoms with Crippen molar-refractivity contribution in [2.45, 2.75) is 13.1 Å². The summed E-state index contributed by atoms with van der Waals surface area (Å²) in [5, 5.41) is 2.12. The van der Waals surface area contributed by atoms with Crippen LogP contribution in [0.1, 0.15) is 9.75 Å². The lowest BCUT2D eigenvalue weighted by Crippen LogP contribution is -2.15. The minimum atomic E-state index is 0.863. The first kappa shape index (κ1) is 12.6. The van der Waals surface area contributed by atoms with Crippen LogP contribution in [0.5, 0.6) is 0 Å². The average Bonchev–Trinajstić information content (AvgIpc) is 2.76. The number of hydrogen-bond acceptors (Lipinski definition) is 3. The first-order valence-electron chi connectivity index (χ1n) is 4.79. The van der Waals surface area contributed by atoms with Crippen molar-refractivity contribution < 1.29 is 0 Å². The van der Waals surface area contributed by atoms with Gasteiger partial charge in [-0.05, 0) is 41.2 Å². The first-order valence-corrected chi connectivity index (χ1v) is 7.66. The summed E-state index contributed by atoms with van der Waals surface area (Å²) in [6.45, 7) is 1.93. The van der Waals surface area contributed by atoms with Gasteiger partial charge in [0.15, 0.2) is 0 Å². The Morgan fingerprint density at radius 1 is 1.31 bits per heavy atom. The zero-order valence-corrected chi connectivity index (χ0v) is 12.7. The van der Waals surface area contributed by atoms with Gasteiger partial charge in [0.2, 0.25) is 0 Å². The summed E-state index contributed by atoms with van der Waals surface area (Å²) in [4.78, 5) is 4.97. The summed E-state index contributed by atoms with van der Waals surface area (Å²) in [6.07, 6.45) is 0. The Kier molecular flexibility index (Phi) is 4.44. The number of hydrogen-bond donors (Lipinski definition) is 0. The van der Waals surface area contributed by atoms with Crippen LogP contribution in [0.4, 0.5) is 0 Å². The molecule has 0 aliphatic rings. The maximum absolute atomic E-state index is 5.90. The van der Waals surface area contributed by atoms with Gasteiger partial charge in [-0.2, -0.15) is 0 Å². The maximum atomic E-state index is 5.90. The van der Waals surface area contributed by atoms with Crippen molar-refractivity contribution in [3.8, 4) is 0 Å². The SMILES string of the molecule is CN(Cc1cc(Br)cs1)Cc1ccc(Cl)s1. The van der Waals surface area contributed by atoms with E-state index in [1.807, 2.05) is 6.07 Å². The quantitative estimate of drug-likeness (QED) is 0.771. The minimum absolute atomic E-state index is 0.863. The molecule has 1 nitrogen and oxygen atoms in total. The Labute approximate surface area is 117 Å². The summed E-state index contributed by atoms with van der Waals surface area (Å²) in [5.41, 5.74) is 0. The molecule has 16 heavy (non-hydrogen) atoms. The largest absolute Gasteiger partial charge is 0.296 e. The molecule has 0 amide bonds. The van der Waals surface area contributed by atoms with Crippen LogP contribution in [0.15, 0.2) is 28.1 Å². The van der Waals surface area contributed by atoms with Gasteiger partial charge in [0, 0.05) is 32.7 Å². The fraction of sp³-hybridized carbons (Fsp3) is 0.273. The summed E-state index contributed by atoms with van der Waals surface area (Å²) >= 11 is 12.8. The molecule has 0 spiro atoms. The Balaban J connectivity index is 1.91. The molecule has 2 aromatic rings. The lowest BCUT2D eigenvalue weighted by atomic mass is 10.4. The first-order chi connectivity index (χ1) is 7.63. The van der Waals surface area contributed by atoms with E-state index in [0.29, 0.717) is 0 Å². The molecule has 2 rings (SSSR count). The number of nitrogens with zero attached hydrogens (tertiary/aromatic N) is 1. The van der Waals surface area contributed by atoms with Crippen molar-refractivity contribution in [2.75, 3.05) is 7.05 Å². The molecular weight excluding hydrogens is 326 g/mol. The lowest BCUT2D eigenvalue weighted by molar-refractivity contribution is 0.325. The van der Waals surface area contributed by atoms with Crippen molar-refractivity contribution in [1.82, 2.24) is 4.90 Å². The Morgan fingerprint density at radius 2 is 2.06 bits per heavy atom. The predicted molar refractivity (Wildman–Crippen MR) is 76.5 cm³/mol. The second kappa shape index (κ2) is 5.65. The normalized spacial score (nSPS) is 11.2. The van der Waals surface area contributed by atoms with Crippen molar-refractivity contribution in [1.29, 1.82) is 0 Å². The fourth-order valence-corrected chi connectivity index (χ4v) is 4.16. The highest BCUT2D eigenvalue weighted by molar-refractivity contribution is 9.10. The average molecular weight is 337 g/mol. The van der Waals surface area contributed by atoms with Crippen molar-refractivity contribution in [3.63, 3.8) is 0 Å². The molecule has 0 saturated carbocycles. The summed E-state index contributed by atoms with van der Waals surface area (Å²) in [7, 11) is 2.13. The fourth-order valence-electron chi connectivity index (χ4n) is 1.46. The van der Waals surface area contributed by atoms with Crippen molar-refractivity contribution in [2.24, 2.45) is 0 Å². The molecule has 2 aromatic heterocycles. The van der Waals surface area contributed by atoms with Crippen LogP contribution >= 0.6 is 50.2 Å². The van der Waals surface area contributed by atoms with E-state index in [1.54, 1.807) is 22.7 Å². The van der Waals surface area contributed by atoms with E-state index in [2.05, 4.69) is 45.4 Å². The van der Waals surface area contributed by atoms with Crippen LogP contribution < -0.4 is 0 Å². The lowest BCUT2D eigenvalue weighted by Gasteiger charge is -2.13. The Morgan fingerprint density at radius 3 is 2.62 bits per heavy atom. The summed E-state index contributed by atoms with van der Waals surface area (Å²) in [5.74, 6) is 0. The highest BCUT2D eigenvalue weighted by Gasteiger charge is 2.05. The standard InChI is InChI=1S/C11H11BrClNS2/c1-14(5-9-2-3-11(13)16-9)6-10-4-8(12)7-15-10/h2-4,7H,5-6H2,1H3. The molecule has 2 heterocycles. The molecule has 0 saturated heterocycles. The molecule has 0 aromatic carbocycles. The van der Waals surface area contributed by atoms with Crippen LogP contribution in [0.3, 0.4) is 0 Å². The third-order valence-corrected chi connectivity index (χ3v) is 5.00. The topological polar surface area (TPSA) is 3.24 Å². The highest BCUT2D eigenvalue weighted by Crippen LogP contribution is 2.24. The Hall–Kier alpha value is 0.130. The van der Waals surface area contributed by atoms with Crippen molar-refractivity contribution >= 4 is 50.2 Å². The molecule has 0 radical (unpaired) electrons. The number of halogens is 2. The highest BCUT2D eigenvalue weighted by atomic mass is 79.9. The molecule has 5 heteroatoms. The maximum Gasteiger partial charge on any atom is 0.0931 e. The van der Waals surface area contributed by atoms with Gasteiger partial charge >= 0.3 is 0 Å². The minimum Gasteiger partial charge on any atom is -0.296 e. The molecular formula is C11H11BrClNS2. The molecule has 0 bridgehead atoms. The zero-order valence-electron chi connectivity index (χ0n) is 8.74. The van der Waals surface area contributed by atoms with E-state index >= 15 is 0 Å². The molecule has 0 aliphatic heterocycles. The van der Waals surface area contributed by atoms with Gasteiger partial charge in [-0.3, -0.25) is 4.90 Å². The second-order valence-electron chi connectivity index (χ2n) is 3.61. The molecule has 0 unspecified atom stereocenters. The van der Waals surface area contributed by atoms with Crippen LogP contribution in [0.25, 0.3) is 0 Å². The van der Waals surface area contributed by atoms with E-state index in [4.69, 9.17) is 11.6 Å². The Bertz CT molecular complexity index is 424. The van der Waals surface area contributed by atoms with Gasteiger partial charge in [-0.1, -0.05) is 11.6 Å². The molecule has 0 aliphatic carbocycles. The second-order valence-corrected chi connectivity index (χ2v) is 7.32. The van der Waals surface area contributed by atoms with E-state index in [0.717, 1.165) is 17.4 Å². The van der Waals surface area contributed by atoms with E-state index in [-0.39, 0.29) is 0 Å². The summed E-state index contributed by atoms with van der Waals surface area (Å²) < 4.78 is 2.03. The molecule has 0 N–H and O–H groups in total. The van der Waals surface area contributed by atoms with E-state index in [1.165, 1.54) is 14.2 Å². The predicted octanol–water partition coefficient (Wildman–Crippen LogP) is 4.86. The number of thiophene rings is 2. The van der Waals surface area contributed by atoms with Crippen molar-refractivity contribution in [3.05, 3.63) is 42.1 Å². The smallest absolute Gasteiger partial charge is 0.0931 e. The summed E-state index contributed by atoms with van der Waals surface area (Å²) in [6, 6.07) is 6.22. The van der Waals surface area contributed by atoms with E-state index in [9.17, 15) is 0 Å². The molecule has 86 valence electrons. The van der Waals surface area contributed by atoms with Crippen LogP contribution in [0.2, 0.25) is 4.34 Å². The van der Waals surface area contributed by atoms with Gasteiger partial charge in [0.05, 0.1) is 4.34 Å². The van der Waals surface area contributed by atoms with E-state index < -0.39 is 0 Å². The van der Waals surface area contributed by atoms with Gasteiger partial charge in [-0.15, -0.1) is 22.7 Å². The van der Waals surface area contributed by atoms with Gasteiger partial charge in [0.25, 0.3) is 0 Å². The van der Waals surface area contributed by atoms with Crippen LogP contribution in [-0.4, -0.2) is 11.9 Å². The van der Waals surface area contributed by atoms with Gasteiger partial charge < -0.3 is 0 Å². The molecule has 0 fully saturated rings. The monoisotopic (exact) mass is 335 g/mol. The van der Waals surface area contributed by atoms with Gasteiger partial charge in [-0.25, -0.2) is 0 Å². The van der Waals surface area contributed by atoms with Crippen LogP contribution in [0, 0.1) is 0 Å². The zero-order chi connectivity index (χ0) is 11.5. The third-order valence-electron chi connectivity index (χ3n) is 2.10.